The van der Waals surface area contributed by atoms with E-state index in [0.717, 1.165) is 0 Å². The summed E-state index contributed by atoms with van der Waals surface area (Å²) in [5.74, 6) is 0.230. The van der Waals surface area contributed by atoms with Crippen molar-refractivity contribution in [1.82, 2.24) is 5.43 Å². The molecule has 0 unspecified atom stereocenters. The molecule has 0 aliphatic heterocycles. The summed E-state index contributed by atoms with van der Waals surface area (Å²) in [5.41, 5.74) is 3.44. The lowest BCUT2D eigenvalue weighted by Gasteiger charge is -2.10. The summed E-state index contributed by atoms with van der Waals surface area (Å²) in [7, 11) is 1.46. The molecule has 0 aliphatic rings. The van der Waals surface area contributed by atoms with Crippen molar-refractivity contribution < 1.29 is 23.8 Å². The zero-order valence-corrected chi connectivity index (χ0v) is 17.3. The molecule has 0 heterocycles. The molecule has 7 nitrogen and oxygen atoms in total. The number of benzene rings is 3. The monoisotopic (exact) mass is 438 g/mol. The molecule has 0 aliphatic carbocycles. The topological polar surface area (TPSA) is 86.2 Å². The van der Waals surface area contributed by atoms with Crippen LogP contribution < -0.4 is 19.6 Å². The predicted molar refractivity (Wildman–Crippen MR) is 117 cm³/mol. The Labute approximate surface area is 184 Å². The molecule has 0 saturated heterocycles. The number of methoxy groups -OCH3 is 1. The van der Waals surface area contributed by atoms with E-state index in [9.17, 15) is 9.59 Å². The van der Waals surface area contributed by atoms with Crippen LogP contribution in [0.4, 0.5) is 0 Å². The molecular weight excluding hydrogens is 420 g/mol. The number of rotatable bonds is 8. The fourth-order valence-electron chi connectivity index (χ4n) is 2.47. The Balaban J connectivity index is 1.55. The molecule has 1 N–H and O–H groups in total. The van der Waals surface area contributed by atoms with Gasteiger partial charge in [0.05, 0.1) is 18.9 Å². The van der Waals surface area contributed by atoms with Crippen molar-refractivity contribution in [3.05, 3.63) is 88.9 Å². The molecule has 31 heavy (non-hydrogen) atoms. The van der Waals surface area contributed by atoms with E-state index in [1.165, 1.54) is 13.3 Å². The molecule has 0 atom stereocenters. The average molecular weight is 439 g/mol. The average Bonchev–Trinajstić information content (AvgIpc) is 2.80. The molecule has 0 spiro atoms. The van der Waals surface area contributed by atoms with Gasteiger partial charge in [0.15, 0.2) is 18.1 Å². The lowest BCUT2D eigenvalue weighted by molar-refractivity contribution is -0.123. The first-order chi connectivity index (χ1) is 15.0. The van der Waals surface area contributed by atoms with E-state index in [1.54, 1.807) is 66.7 Å². The summed E-state index contributed by atoms with van der Waals surface area (Å²) in [5, 5.41) is 4.47. The Morgan fingerprint density at radius 2 is 1.74 bits per heavy atom. The highest BCUT2D eigenvalue weighted by atomic mass is 35.5. The van der Waals surface area contributed by atoms with Crippen LogP contribution in [0.3, 0.4) is 0 Å². The van der Waals surface area contributed by atoms with Gasteiger partial charge in [-0.25, -0.2) is 10.2 Å². The standard InChI is InChI=1S/C23H19ClN2O5/c1-29-21-13-16(7-12-20(21)31-23(28)17-5-3-2-4-6-17)14-25-26-22(27)15-30-19-10-8-18(24)9-11-19/h2-14H,15H2,1H3,(H,26,27)/b25-14-. The van der Waals surface area contributed by atoms with Crippen LogP contribution in [-0.2, 0) is 4.79 Å². The SMILES string of the molecule is COc1cc(/C=N\NC(=O)COc2ccc(Cl)cc2)ccc1OC(=O)c1ccccc1. The molecular formula is C23H19ClN2O5. The van der Waals surface area contributed by atoms with Crippen LogP contribution in [-0.4, -0.2) is 31.8 Å². The zero-order valence-electron chi connectivity index (χ0n) is 16.6. The third kappa shape index (κ3) is 6.58. The molecule has 0 saturated carbocycles. The van der Waals surface area contributed by atoms with E-state index in [2.05, 4.69) is 10.5 Å². The van der Waals surface area contributed by atoms with Crippen molar-refractivity contribution in [2.75, 3.05) is 13.7 Å². The lowest BCUT2D eigenvalue weighted by atomic mass is 10.2. The van der Waals surface area contributed by atoms with Crippen LogP contribution in [0.25, 0.3) is 0 Å². The maximum atomic E-state index is 12.2. The molecule has 0 fully saturated rings. The van der Waals surface area contributed by atoms with E-state index in [4.69, 9.17) is 25.8 Å². The van der Waals surface area contributed by atoms with Gasteiger partial charge in [0.25, 0.3) is 5.91 Å². The largest absolute Gasteiger partial charge is 0.493 e. The van der Waals surface area contributed by atoms with Gasteiger partial charge in [0, 0.05) is 5.02 Å². The number of nitrogens with zero attached hydrogens (tertiary/aromatic N) is 1. The van der Waals surface area contributed by atoms with E-state index in [1.807, 2.05) is 6.07 Å². The number of nitrogens with one attached hydrogen (secondary N) is 1. The number of hydrogen-bond donors (Lipinski definition) is 1. The van der Waals surface area contributed by atoms with E-state index in [0.29, 0.717) is 27.6 Å². The number of hydrazone groups is 1. The minimum atomic E-state index is -0.492. The highest BCUT2D eigenvalue weighted by molar-refractivity contribution is 6.30. The van der Waals surface area contributed by atoms with Crippen molar-refractivity contribution in [3.63, 3.8) is 0 Å². The molecule has 3 aromatic rings. The van der Waals surface area contributed by atoms with Crippen LogP contribution in [0.5, 0.6) is 17.2 Å². The number of ether oxygens (including phenoxy) is 3. The van der Waals surface area contributed by atoms with E-state index >= 15 is 0 Å². The van der Waals surface area contributed by atoms with Gasteiger partial charge in [-0.3, -0.25) is 4.79 Å². The third-order valence-corrected chi connectivity index (χ3v) is 4.24. The quantitative estimate of drug-likeness (QED) is 0.248. The number of halogens is 1. The molecule has 158 valence electrons. The maximum Gasteiger partial charge on any atom is 0.343 e. The first kappa shape index (κ1) is 21.9. The van der Waals surface area contributed by atoms with Crippen molar-refractivity contribution in [3.8, 4) is 17.2 Å². The van der Waals surface area contributed by atoms with Gasteiger partial charge in [-0.2, -0.15) is 5.10 Å². The third-order valence-electron chi connectivity index (χ3n) is 3.99. The van der Waals surface area contributed by atoms with Gasteiger partial charge in [-0.1, -0.05) is 29.8 Å². The summed E-state index contributed by atoms with van der Waals surface area (Å²) < 4.78 is 16.0. The summed E-state index contributed by atoms with van der Waals surface area (Å²) in [6.45, 7) is -0.198. The highest BCUT2D eigenvalue weighted by Crippen LogP contribution is 2.28. The zero-order chi connectivity index (χ0) is 22.1. The maximum absolute atomic E-state index is 12.2. The molecule has 1 amide bonds. The second-order valence-corrected chi connectivity index (χ2v) is 6.64. The van der Waals surface area contributed by atoms with Crippen LogP contribution in [0.1, 0.15) is 15.9 Å². The Bertz CT molecular complexity index is 1070. The number of esters is 1. The Kier molecular flexibility index (Phi) is 7.61. The van der Waals surface area contributed by atoms with Crippen LogP contribution >= 0.6 is 11.6 Å². The van der Waals surface area contributed by atoms with Crippen molar-refractivity contribution in [1.29, 1.82) is 0 Å². The van der Waals surface area contributed by atoms with Gasteiger partial charge < -0.3 is 14.2 Å². The summed E-state index contributed by atoms with van der Waals surface area (Å²) >= 11 is 5.80. The fraction of sp³-hybridized carbons (Fsp3) is 0.0870. The van der Waals surface area contributed by atoms with Crippen LogP contribution in [0.15, 0.2) is 77.9 Å². The molecule has 0 radical (unpaired) electrons. The minimum Gasteiger partial charge on any atom is -0.493 e. The second kappa shape index (κ2) is 10.8. The number of hydrogen-bond acceptors (Lipinski definition) is 6. The van der Waals surface area contributed by atoms with Crippen molar-refractivity contribution >= 4 is 29.7 Å². The lowest BCUT2D eigenvalue weighted by Crippen LogP contribution is -2.24. The normalized spacial score (nSPS) is 10.5. The number of carbonyl (C=O) groups is 2. The van der Waals surface area contributed by atoms with Gasteiger partial charge >= 0.3 is 5.97 Å². The first-order valence-electron chi connectivity index (χ1n) is 9.20. The summed E-state index contributed by atoms with van der Waals surface area (Å²) in [6.07, 6.45) is 1.44. The van der Waals surface area contributed by atoms with Crippen LogP contribution in [0.2, 0.25) is 5.02 Å². The fourth-order valence-corrected chi connectivity index (χ4v) is 2.60. The van der Waals surface area contributed by atoms with Gasteiger partial charge in [-0.05, 0) is 60.2 Å². The second-order valence-electron chi connectivity index (χ2n) is 6.20. The Morgan fingerprint density at radius 3 is 2.45 bits per heavy atom. The molecule has 0 bridgehead atoms. The minimum absolute atomic E-state index is 0.198. The molecule has 3 rings (SSSR count). The number of carbonyl (C=O) groups excluding carboxylic acids is 2. The Hall–Kier alpha value is -3.84. The van der Waals surface area contributed by atoms with Gasteiger partial charge in [0.1, 0.15) is 5.75 Å². The van der Waals surface area contributed by atoms with E-state index in [-0.39, 0.29) is 12.4 Å². The number of amides is 1. The smallest absolute Gasteiger partial charge is 0.343 e. The summed E-state index contributed by atoms with van der Waals surface area (Å²) in [4.78, 5) is 24.1. The first-order valence-corrected chi connectivity index (χ1v) is 9.58. The van der Waals surface area contributed by atoms with Gasteiger partial charge in [-0.15, -0.1) is 0 Å². The molecule has 3 aromatic carbocycles. The summed E-state index contributed by atoms with van der Waals surface area (Å²) in [6, 6.07) is 20.2. The van der Waals surface area contributed by atoms with Crippen molar-refractivity contribution in [2.24, 2.45) is 5.10 Å². The van der Waals surface area contributed by atoms with Gasteiger partial charge in [0.2, 0.25) is 0 Å². The molecule has 8 heteroatoms. The predicted octanol–water partition coefficient (Wildman–Crippen LogP) is 4.10. The highest BCUT2D eigenvalue weighted by Gasteiger charge is 2.12. The van der Waals surface area contributed by atoms with E-state index < -0.39 is 11.9 Å². The van der Waals surface area contributed by atoms with Crippen LogP contribution in [0, 0.1) is 0 Å². The van der Waals surface area contributed by atoms with Crippen molar-refractivity contribution in [2.45, 2.75) is 0 Å². The Morgan fingerprint density at radius 1 is 1.00 bits per heavy atom. The molecule has 0 aromatic heterocycles.